The first kappa shape index (κ1) is 16.7. The highest BCUT2D eigenvalue weighted by atomic mass is 79.9. The molecule has 0 aliphatic heterocycles. The molecule has 22 heavy (non-hydrogen) atoms. The Morgan fingerprint density at radius 2 is 2.14 bits per heavy atom. The number of hydrogen-bond donors (Lipinski definition) is 2. The minimum Gasteiger partial charge on any atom is -0.441 e. The van der Waals surface area contributed by atoms with Crippen molar-refractivity contribution in [2.75, 3.05) is 19.6 Å². The van der Waals surface area contributed by atoms with E-state index < -0.39 is 0 Å². The van der Waals surface area contributed by atoms with E-state index >= 15 is 0 Å². The van der Waals surface area contributed by atoms with E-state index in [9.17, 15) is 4.79 Å². The summed E-state index contributed by atoms with van der Waals surface area (Å²) in [5.41, 5.74) is 0.955. The van der Waals surface area contributed by atoms with Crippen molar-refractivity contribution in [2.45, 2.75) is 19.8 Å². The van der Waals surface area contributed by atoms with Crippen LogP contribution in [0.1, 0.15) is 19.2 Å². The van der Waals surface area contributed by atoms with Crippen molar-refractivity contribution >= 4 is 21.8 Å². The topological polar surface area (TPSA) is 67.2 Å². The number of aryl methyl sites for hydroxylation is 1. The Bertz CT molecular complexity index is 613. The molecule has 1 aromatic heterocycles. The summed E-state index contributed by atoms with van der Waals surface area (Å²) in [6.07, 6.45) is 2.57. The van der Waals surface area contributed by atoms with Crippen LogP contribution in [-0.4, -0.2) is 30.5 Å². The number of carbonyl (C=O) groups excluding carboxylic acids is 1. The van der Waals surface area contributed by atoms with Gasteiger partial charge in [0.15, 0.2) is 11.7 Å². The number of nitrogens with one attached hydrogen (secondary N) is 2. The molecule has 0 fully saturated rings. The fourth-order valence-corrected chi connectivity index (χ4v) is 2.47. The first-order valence-corrected chi connectivity index (χ1v) is 8.17. The molecule has 1 aromatic carbocycles. The Balaban J connectivity index is 1.83. The zero-order valence-corrected chi connectivity index (χ0v) is 14.1. The SMILES string of the molecule is CCNCCNC(=O)CCc1ncc(-c2ccccc2Br)o1. The number of halogens is 1. The Hall–Kier alpha value is -1.66. The summed E-state index contributed by atoms with van der Waals surface area (Å²) < 4.78 is 6.67. The van der Waals surface area contributed by atoms with Gasteiger partial charge in [-0.3, -0.25) is 4.79 Å². The molecule has 2 rings (SSSR count). The van der Waals surface area contributed by atoms with Gasteiger partial charge in [-0.1, -0.05) is 41.1 Å². The molecule has 6 heteroatoms. The van der Waals surface area contributed by atoms with Gasteiger partial charge < -0.3 is 15.1 Å². The lowest BCUT2D eigenvalue weighted by molar-refractivity contribution is -0.121. The summed E-state index contributed by atoms with van der Waals surface area (Å²) >= 11 is 3.49. The van der Waals surface area contributed by atoms with Gasteiger partial charge in [-0.05, 0) is 12.6 Å². The molecule has 5 nitrogen and oxygen atoms in total. The normalized spacial score (nSPS) is 10.6. The summed E-state index contributed by atoms with van der Waals surface area (Å²) in [5, 5.41) is 6.01. The summed E-state index contributed by atoms with van der Waals surface area (Å²) in [4.78, 5) is 15.9. The predicted octanol–water partition coefficient (Wildman–Crippen LogP) is 2.76. The highest BCUT2D eigenvalue weighted by Gasteiger charge is 2.10. The third kappa shape index (κ3) is 4.96. The van der Waals surface area contributed by atoms with E-state index in [4.69, 9.17) is 4.42 Å². The molecule has 0 spiro atoms. The van der Waals surface area contributed by atoms with E-state index in [0.29, 0.717) is 31.0 Å². The van der Waals surface area contributed by atoms with Gasteiger partial charge in [-0.15, -0.1) is 0 Å². The Morgan fingerprint density at radius 1 is 1.32 bits per heavy atom. The average Bonchev–Trinajstić information content (AvgIpc) is 2.99. The van der Waals surface area contributed by atoms with E-state index in [0.717, 1.165) is 23.1 Å². The first-order valence-electron chi connectivity index (χ1n) is 7.37. The van der Waals surface area contributed by atoms with Crippen LogP contribution in [0.3, 0.4) is 0 Å². The molecule has 0 unspecified atom stereocenters. The lowest BCUT2D eigenvalue weighted by Crippen LogP contribution is -2.31. The zero-order chi connectivity index (χ0) is 15.8. The molecular formula is C16H20BrN3O2. The van der Waals surface area contributed by atoms with Gasteiger partial charge in [-0.2, -0.15) is 0 Å². The Morgan fingerprint density at radius 3 is 2.91 bits per heavy atom. The Kier molecular flexibility index (Phi) is 6.61. The second kappa shape index (κ2) is 8.70. The molecule has 2 N–H and O–H groups in total. The van der Waals surface area contributed by atoms with Crippen LogP contribution in [0.5, 0.6) is 0 Å². The summed E-state index contributed by atoms with van der Waals surface area (Å²) in [5.74, 6) is 1.29. The van der Waals surface area contributed by atoms with Gasteiger partial charge >= 0.3 is 0 Å². The van der Waals surface area contributed by atoms with Crippen molar-refractivity contribution < 1.29 is 9.21 Å². The minimum absolute atomic E-state index is 0.0125. The number of amides is 1. The number of nitrogens with zero attached hydrogens (tertiary/aromatic N) is 1. The standard InChI is InChI=1S/C16H20BrN3O2/c1-2-18-9-10-19-15(21)7-8-16-20-11-14(22-16)12-5-3-4-6-13(12)17/h3-6,11,18H,2,7-10H2,1H3,(H,19,21). The van der Waals surface area contributed by atoms with Gasteiger partial charge in [0.25, 0.3) is 0 Å². The monoisotopic (exact) mass is 365 g/mol. The molecule has 0 radical (unpaired) electrons. The van der Waals surface area contributed by atoms with E-state index in [-0.39, 0.29) is 5.91 Å². The van der Waals surface area contributed by atoms with Crippen molar-refractivity contribution in [1.29, 1.82) is 0 Å². The molecule has 0 atom stereocenters. The van der Waals surface area contributed by atoms with Crippen molar-refractivity contribution in [3.63, 3.8) is 0 Å². The van der Waals surface area contributed by atoms with Crippen LogP contribution in [-0.2, 0) is 11.2 Å². The number of hydrogen-bond acceptors (Lipinski definition) is 4. The van der Waals surface area contributed by atoms with Crippen LogP contribution in [0.15, 0.2) is 39.4 Å². The molecule has 0 aliphatic rings. The lowest BCUT2D eigenvalue weighted by atomic mass is 10.2. The zero-order valence-electron chi connectivity index (χ0n) is 12.6. The highest BCUT2D eigenvalue weighted by molar-refractivity contribution is 9.10. The highest BCUT2D eigenvalue weighted by Crippen LogP contribution is 2.28. The van der Waals surface area contributed by atoms with Crippen molar-refractivity contribution in [1.82, 2.24) is 15.6 Å². The number of aromatic nitrogens is 1. The van der Waals surface area contributed by atoms with E-state index in [1.807, 2.05) is 31.2 Å². The molecule has 0 saturated heterocycles. The fourth-order valence-electron chi connectivity index (χ4n) is 1.99. The molecule has 0 aliphatic carbocycles. The van der Waals surface area contributed by atoms with Crippen LogP contribution in [0.4, 0.5) is 0 Å². The van der Waals surface area contributed by atoms with Gasteiger partial charge in [0.05, 0.1) is 6.20 Å². The first-order chi connectivity index (χ1) is 10.7. The van der Waals surface area contributed by atoms with Crippen molar-refractivity contribution in [3.8, 4) is 11.3 Å². The van der Waals surface area contributed by atoms with Crippen LogP contribution < -0.4 is 10.6 Å². The third-order valence-corrected chi connectivity index (χ3v) is 3.82. The molecule has 2 aromatic rings. The predicted molar refractivity (Wildman–Crippen MR) is 89.5 cm³/mol. The summed E-state index contributed by atoms with van der Waals surface area (Å²) in [7, 11) is 0. The largest absolute Gasteiger partial charge is 0.441 e. The number of oxazole rings is 1. The molecule has 1 heterocycles. The van der Waals surface area contributed by atoms with Crippen LogP contribution in [0.2, 0.25) is 0 Å². The fraction of sp³-hybridized carbons (Fsp3) is 0.375. The molecule has 0 bridgehead atoms. The molecule has 118 valence electrons. The minimum atomic E-state index is 0.0125. The maximum Gasteiger partial charge on any atom is 0.220 e. The maximum atomic E-state index is 11.7. The van der Waals surface area contributed by atoms with Crippen molar-refractivity contribution in [3.05, 3.63) is 40.8 Å². The number of likely N-dealkylation sites (N-methyl/N-ethyl adjacent to an activating group) is 1. The van der Waals surface area contributed by atoms with Crippen LogP contribution >= 0.6 is 15.9 Å². The second-order valence-electron chi connectivity index (χ2n) is 4.80. The molecule has 1 amide bonds. The van der Waals surface area contributed by atoms with Crippen LogP contribution in [0, 0.1) is 0 Å². The smallest absolute Gasteiger partial charge is 0.220 e. The van der Waals surface area contributed by atoms with Gasteiger partial charge in [0.2, 0.25) is 5.91 Å². The van der Waals surface area contributed by atoms with Gasteiger partial charge in [-0.25, -0.2) is 4.98 Å². The van der Waals surface area contributed by atoms with Gasteiger partial charge in [0, 0.05) is 36.0 Å². The van der Waals surface area contributed by atoms with Gasteiger partial charge in [0.1, 0.15) is 0 Å². The Labute approximate surface area is 138 Å². The summed E-state index contributed by atoms with van der Waals surface area (Å²) in [6, 6.07) is 7.81. The number of benzene rings is 1. The lowest BCUT2D eigenvalue weighted by Gasteiger charge is -2.04. The van der Waals surface area contributed by atoms with Crippen molar-refractivity contribution in [2.24, 2.45) is 0 Å². The van der Waals surface area contributed by atoms with E-state index in [2.05, 4.69) is 31.5 Å². The maximum absolute atomic E-state index is 11.7. The third-order valence-electron chi connectivity index (χ3n) is 3.13. The van der Waals surface area contributed by atoms with E-state index in [1.54, 1.807) is 6.20 Å². The second-order valence-corrected chi connectivity index (χ2v) is 5.66. The quantitative estimate of drug-likeness (QED) is 0.705. The number of rotatable bonds is 8. The average molecular weight is 366 g/mol. The van der Waals surface area contributed by atoms with E-state index in [1.165, 1.54) is 0 Å². The van der Waals surface area contributed by atoms with Crippen LogP contribution in [0.25, 0.3) is 11.3 Å². The summed E-state index contributed by atoms with van der Waals surface area (Å²) in [6.45, 7) is 4.37. The molecular weight excluding hydrogens is 346 g/mol. The number of carbonyl (C=O) groups is 1. The molecule has 0 saturated carbocycles.